The van der Waals surface area contributed by atoms with Crippen molar-refractivity contribution in [3.05, 3.63) is 17.7 Å². The summed E-state index contributed by atoms with van der Waals surface area (Å²) in [5.74, 6) is 0.687. The van der Waals surface area contributed by atoms with Crippen LogP contribution in [0.3, 0.4) is 0 Å². The van der Waals surface area contributed by atoms with Gasteiger partial charge in [0.15, 0.2) is 0 Å². The number of aromatic amines is 1. The molecule has 30 heavy (non-hydrogen) atoms. The predicted octanol–water partition coefficient (Wildman–Crippen LogP) is 2.58. The smallest absolute Gasteiger partial charge is 0.240 e. The molecule has 7 heteroatoms. The molecule has 7 nitrogen and oxygen atoms in total. The van der Waals surface area contributed by atoms with E-state index in [2.05, 4.69) is 34.0 Å². The van der Waals surface area contributed by atoms with Gasteiger partial charge in [0.1, 0.15) is 0 Å². The zero-order valence-corrected chi connectivity index (χ0v) is 18.6. The van der Waals surface area contributed by atoms with Crippen molar-refractivity contribution >= 4 is 11.8 Å². The Kier molecular flexibility index (Phi) is 6.46. The highest BCUT2D eigenvalue weighted by molar-refractivity contribution is 5.83. The minimum absolute atomic E-state index is 0.152. The van der Waals surface area contributed by atoms with Gasteiger partial charge in [0.25, 0.3) is 0 Å². The topological polar surface area (TPSA) is 81.3 Å². The zero-order valence-electron chi connectivity index (χ0n) is 18.6. The van der Waals surface area contributed by atoms with Gasteiger partial charge in [0.2, 0.25) is 11.8 Å². The number of fused-ring (bicyclic) bond motifs is 2. The van der Waals surface area contributed by atoms with E-state index in [0.717, 1.165) is 88.9 Å². The Bertz CT molecular complexity index is 741. The first-order chi connectivity index (χ1) is 14.6. The quantitative estimate of drug-likeness (QED) is 0.748. The molecular formula is C23H37N5O2. The third kappa shape index (κ3) is 4.01. The molecule has 2 saturated heterocycles. The second kappa shape index (κ2) is 9.08. The Morgan fingerprint density at radius 2 is 1.77 bits per heavy atom. The maximum absolute atomic E-state index is 13.1. The highest BCUT2D eigenvalue weighted by Gasteiger charge is 2.47. The number of piperidine rings is 1. The van der Waals surface area contributed by atoms with Gasteiger partial charge >= 0.3 is 0 Å². The van der Waals surface area contributed by atoms with Crippen molar-refractivity contribution in [1.29, 1.82) is 0 Å². The van der Waals surface area contributed by atoms with Crippen molar-refractivity contribution in [2.24, 2.45) is 5.92 Å². The fourth-order valence-electron chi connectivity index (χ4n) is 5.69. The van der Waals surface area contributed by atoms with Gasteiger partial charge in [-0.05, 0) is 38.5 Å². The number of rotatable bonds is 6. The summed E-state index contributed by atoms with van der Waals surface area (Å²) in [6, 6.07) is -0.203. The Hall–Kier alpha value is -1.89. The van der Waals surface area contributed by atoms with Crippen LogP contribution in [0.15, 0.2) is 6.33 Å². The summed E-state index contributed by atoms with van der Waals surface area (Å²) in [5, 5.41) is 3.72. The van der Waals surface area contributed by atoms with Crippen LogP contribution < -0.4 is 5.32 Å². The van der Waals surface area contributed by atoms with Crippen molar-refractivity contribution in [2.75, 3.05) is 26.2 Å². The number of nitrogens with one attached hydrogen (secondary N) is 2. The van der Waals surface area contributed by atoms with Crippen molar-refractivity contribution in [3.8, 4) is 0 Å². The number of imidazole rings is 1. The fourth-order valence-corrected chi connectivity index (χ4v) is 5.69. The lowest BCUT2D eigenvalue weighted by Gasteiger charge is -2.47. The lowest BCUT2D eigenvalue weighted by molar-refractivity contribution is -0.139. The van der Waals surface area contributed by atoms with Gasteiger partial charge in [-0.15, -0.1) is 0 Å². The third-order valence-electron chi connectivity index (χ3n) is 7.30. The lowest BCUT2D eigenvalue weighted by Crippen LogP contribution is -2.62. The molecule has 2 N–H and O–H groups in total. The number of carbonyl (C=O) groups excluding carboxylic acids is 2. The molecule has 1 aromatic heterocycles. The number of carbonyl (C=O) groups is 2. The predicted molar refractivity (Wildman–Crippen MR) is 116 cm³/mol. The summed E-state index contributed by atoms with van der Waals surface area (Å²) in [6.45, 7) is 7.52. The van der Waals surface area contributed by atoms with E-state index in [1.807, 2.05) is 4.90 Å². The fraction of sp³-hybridized carbons (Fsp3) is 0.783. The van der Waals surface area contributed by atoms with Crippen molar-refractivity contribution in [3.63, 3.8) is 0 Å². The molecule has 0 radical (unpaired) electrons. The number of hydrogen-bond donors (Lipinski definition) is 2. The molecule has 0 bridgehead atoms. The maximum Gasteiger partial charge on any atom is 0.240 e. The highest BCUT2D eigenvalue weighted by atomic mass is 16.2. The monoisotopic (exact) mass is 415 g/mol. The molecule has 1 aromatic rings. The molecule has 2 amide bonds. The minimum Gasteiger partial charge on any atom is -0.348 e. The van der Waals surface area contributed by atoms with Crippen LogP contribution in [0, 0.1) is 5.92 Å². The van der Waals surface area contributed by atoms with E-state index in [-0.39, 0.29) is 23.4 Å². The molecular weight excluding hydrogens is 378 g/mol. The minimum atomic E-state index is -0.310. The summed E-state index contributed by atoms with van der Waals surface area (Å²) in [4.78, 5) is 38.2. The number of hydrogen-bond acceptors (Lipinski definition) is 4. The van der Waals surface area contributed by atoms with Crippen molar-refractivity contribution in [2.45, 2.75) is 83.2 Å². The molecule has 0 unspecified atom stereocenters. The van der Waals surface area contributed by atoms with Gasteiger partial charge < -0.3 is 14.8 Å². The van der Waals surface area contributed by atoms with Gasteiger partial charge in [-0.25, -0.2) is 4.98 Å². The molecule has 0 aromatic carbocycles. The number of nitrogens with zero attached hydrogens (tertiary/aromatic N) is 3. The maximum atomic E-state index is 13.1. The van der Waals surface area contributed by atoms with Gasteiger partial charge in [0.05, 0.1) is 23.6 Å². The van der Waals surface area contributed by atoms with Crippen LogP contribution in [-0.2, 0) is 21.5 Å². The van der Waals surface area contributed by atoms with Crippen LogP contribution in [0.4, 0.5) is 0 Å². The molecule has 3 aliphatic rings. The molecule has 1 spiro atoms. The zero-order chi connectivity index (χ0) is 21.1. The Balaban J connectivity index is 1.47. The number of amides is 2. The largest absolute Gasteiger partial charge is 0.348 e. The second-order valence-electron chi connectivity index (χ2n) is 9.34. The molecule has 1 atom stereocenters. The Morgan fingerprint density at radius 3 is 2.40 bits per heavy atom. The number of H-pyrrole nitrogens is 1. The molecule has 166 valence electrons. The Morgan fingerprint density at radius 1 is 1.10 bits per heavy atom. The van der Waals surface area contributed by atoms with Gasteiger partial charge in [-0.2, -0.15) is 0 Å². The standard InChI is InChI=1S/C23H37N5O2/c1-3-7-17(8-4-2)21(29)28-13-9-23(10-14-28)20-18(24-16-25-20)15-19(26-23)22(30)27-11-5-6-12-27/h16-17,19,26H,3-15H2,1-2H3,(H,24,25)/t19-/m0/s1. The van der Waals surface area contributed by atoms with Gasteiger partial charge in [-0.1, -0.05) is 26.7 Å². The summed E-state index contributed by atoms with van der Waals surface area (Å²) >= 11 is 0. The molecule has 0 aliphatic carbocycles. The van der Waals surface area contributed by atoms with Crippen molar-refractivity contribution < 1.29 is 9.59 Å². The normalized spacial score (nSPS) is 23.2. The first kappa shape index (κ1) is 21.3. The van der Waals surface area contributed by atoms with E-state index < -0.39 is 0 Å². The average molecular weight is 416 g/mol. The third-order valence-corrected chi connectivity index (χ3v) is 7.30. The van der Waals surface area contributed by atoms with E-state index in [4.69, 9.17) is 0 Å². The summed E-state index contributed by atoms with van der Waals surface area (Å²) in [6.07, 6.45) is 10.3. The van der Waals surface area contributed by atoms with Gasteiger partial charge in [-0.3, -0.25) is 14.9 Å². The van der Waals surface area contributed by atoms with Crippen LogP contribution in [0.2, 0.25) is 0 Å². The Labute approximate surface area is 180 Å². The summed E-state index contributed by atoms with van der Waals surface area (Å²) in [5.41, 5.74) is 1.83. The van der Waals surface area contributed by atoms with E-state index >= 15 is 0 Å². The van der Waals surface area contributed by atoms with E-state index in [1.54, 1.807) is 6.33 Å². The SMILES string of the molecule is CCCC(CCC)C(=O)N1CCC2(CC1)N[C@H](C(=O)N1CCCC1)Cc1[nH]cnc12. The van der Waals surface area contributed by atoms with Crippen LogP contribution >= 0.6 is 0 Å². The summed E-state index contributed by atoms with van der Waals surface area (Å²) < 4.78 is 0. The first-order valence-electron chi connectivity index (χ1n) is 12.0. The van der Waals surface area contributed by atoms with Crippen molar-refractivity contribution in [1.82, 2.24) is 25.1 Å². The second-order valence-corrected chi connectivity index (χ2v) is 9.34. The van der Waals surface area contributed by atoms with Gasteiger partial charge in [0, 0.05) is 44.2 Å². The van der Waals surface area contributed by atoms with Crippen LogP contribution in [0.1, 0.15) is 76.6 Å². The number of likely N-dealkylation sites (tertiary alicyclic amines) is 2. The molecule has 3 aliphatic heterocycles. The number of aromatic nitrogens is 2. The van der Waals surface area contributed by atoms with E-state index in [9.17, 15) is 9.59 Å². The molecule has 2 fully saturated rings. The molecule has 4 rings (SSSR count). The molecule has 0 saturated carbocycles. The first-order valence-corrected chi connectivity index (χ1v) is 12.0. The van der Waals surface area contributed by atoms with E-state index in [0.29, 0.717) is 12.3 Å². The van der Waals surface area contributed by atoms with Crippen LogP contribution in [0.5, 0.6) is 0 Å². The molecule has 4 heterocycles. The van der Waals surface area contributed by atoms with E-state index in [1.165, 1.54) is 0 Å². The lowest BCUT2D eigenvalue weighted by atomic mass is 9.78. The average Bonchev–Trinajstić information content (AvgIpc) is 3.45. The highest BCUT2D eigenvalue weighted by Crippen LogP contribution is 2.38. The van der Waals surface area contributed by atoms with Crippen LogP contribution in [0.25, 0.3) is 0 Å². The summed E-state index contributed by atoms with van der Waals surface area (Å²) in [7, 11) is 0. The van der Waals surface area contributed by atoms with Crippen LogP contribution in [-0.4, -0.2) is 63.8 Å².